The number of hydrogen-bond acceptors (Lipinski definition) is 7. The van der Waals surface area contributed by atoms with Gasteiger partial charge in [-0.25, -0.2) is 0 Å². The summed E-state index contributed by atoms with van der Waals surface area (Å²) in [5.41, 5.74) is 0. The summed E-state index contributed by atoms with van der Waals surface area (Å²) in [6.07, 6.45) is 0. The molecule has 0 unspecified atom stereocenters. The molecule has 0 saturated carbocycles. The van der Waals surface area contributed by atoms with Crippen LogP contribution < -0.4 is 170 Å². The topological polar surface area (TPSA) is 39.3 Å². The molecule has 4 nitrogen and oxygen atoms in total. The Morgan fingerprint density at radius 3 is 1.05 bits per heavy atom. The first-order chi connectivity index (χ1) is 8.91. The Kier molecular flexibility index (Phi) is 38.2. The molecule has 0 aliphatic heterocycles. The van der Waals surface area contributed by atoms with E-state index in [0.717, 1.165) is 19.6 Å². The molecule has 0 fully saturated rings. The fraction of sp³-hybridized carbons (Fsp3) is 0.667. The minimum absolute atomic E-state index is 0. The fourth-order valence-electron chi connectivity index (χ4n) is 1.28. The van der Waals surface area contributed by atoms with Crippen molar-refractivity contribution in [2.24, 2.45) is 0 Å². The molecule has 0 bridgehead atoms. The molecule has 0 spiro atoms. The summed E-state index contributed by atoms with van der Waals surface area (Å²) in [4.78, 5) is 2.21. The van der Waals surface area contributed by atoms with E-state index in [0.29, 0.717) is 32.6 Å². The minimum Gasteiger partial charge on any atom is -0.412 e. The van der Waals surface area contributed by atoms with Gasteiger partial charge < -0.3 is 90.5 Å². The van der Waals surface area contributed by atoms with E-state index < -0.39 is 0 Å². The van der Waals surface area contributed by atoms with E-state index in [4.69, 9.17) is 74.5 Å². The van der Waals surface area contributed by atoms with E-state index in [-0.39, 0.29) is 154 Å². The van der Waals surface area contributed by atoms with Crippen molar-refractivity contribution in [2.75, 3.05) is 39.3 Å². The maximum atomic E-state index is 4.79. The SMILES string of the molecule is S=C([S-])NCCN(CCNC(=S)[S-])CCNC(=S)[S-].[K+].[K+].[K+]. The van der Waals surface area contributed by atoms with E-state index in [1.54, 1.807) is 0 Å². The molecule has 0 aliphatic rings. The van der Waals surface area contributed by atoms with Gasteiger partial charge in [-0.2, -0.15) is 0 Å². The Morgan fingerprint density at radius 1 is 0.636 bits per heavy atom. The van der Waals surface area contributed by atoms with Crippen molar-refractivity contribution in [3.8, 4) is 0 Å². The first kappa shape index (κ1) is 34.7. The Labute approximate surface area is 293 Å². The van der Waals surface area contributed by atoms with Gasteiger partial charge in [0.15, 0.2) is 0 Å². The van der Waals surface area contributed by atoms with Crippen molar-refractivity contribution in [3.05, 3.63) is 0 Å². The molecule has 0 aliphatic carbocycles. The van der Waals surface area contributed by atoms with Crippen LogP contribution in [0.15, 0.2) is 0 Å². The van der Waals surface area contributed by atoms with Crippen molar-refractivity contribution in [1.29, 1.82) is 0 Å². The quantitative estimate of drug-likeness (QED) is 0.166. The molecule has 0 saturated heterocycles. The summed E-state index contributed by atoms with van der Waals surface area (Å²) in [6.45, 7) is 4.56. The zero-order valence-electron chi connectivity index (χ0n) is 13.1. The van der Waals surface area contributed by atoms with Gasteiger partial charge in [0.05, 0.1) is 0 Å². The zero-order valence-corrected chi connectivity index (χ0v) is 27.4. The summed E-state index contributed by atoms with van der Waals surface area (Å²) in [7, 11) is 0. The van der Waals surface area contributed by atoms with Crippen molar-refractivity contribution >= 4 is 87.5 Å². The van der Waals surface area contributed by atoms with Gasteiger partial charge in [-0.15, -0.1) is 0 Å². The van der Waals surface area contributed by atoms with Gasteiger partial charge in [-0.3, -0.25) is 4.90 Å². The Balaban J connectivity index is -0.000000540. The third kappa shape index (κ3) is 27.4. The summed E-state index contributed by atoms with van der Waals surface area (Å²) >= 11 is 28.7. The summed E-state index contributed by atoms with van der Waals surface area (Å²) in [5.74, 6) is 0. The van der Waals surface area contributed by atoms with E-state index >= 15 is 0 Å². The molecule has 0 radical (unpaired) electrons. The van der Waals surface area contributed by atoms with Gasteiger partial charge >= 0.3 is 154 Å². The van der Waals surface area contributed by atoms with Crippen LogP contribution in [0.4, 0.5) is 0 Å². The van der Waals surface area contributed by atoms with Crippen LogP contribution in [0.3, 0.4) is 0 Å². The maximum Gasteiger partial charge on any atom is 1.00 e. The smallest absolute Gasteiger partial charge is 0.412 e. The predicted octanol–water partition coefficient (Wildman–Crippen LogP) is -9.44. The molecule has 0 amide bonds. The van der Waals surface area contributed by atoms with Crippen molar-refractivity contribution in [3.63, 3.8) is 0 Å². The molecule has 0 aromatic carbocycles. The van der Waals surface area contributed by atoms with Gasteiger partial charge in [0.1, 0.15) is 0 Å². The third-order valence-corrected chi connectivity index (χ3v) is 2.96. The summed E-state index contributed by atoms with van der Waals surface area (Å²) in [6, 6.07) is 0. The molecule has 13 heteroatoms. The number of nitrogens with one attached hydrogen (secondary N) is 3. The number of hydrogen-bond donors (Lipinski definition) is 3. The molecule has 3 N–H and O–H groups in total. The van der Waals surface area contributed by atoms with Crippen LogP contribution in [-0.4, -0.2) is 57.1 Å². The second-order valence-electron chi connectivity index (χ2n) is 3.48. The molecule has 0 rings (SSSR count). The molecule has 0 heterocycles. The van der Waals surface area contributed by atoms with Crippen LogP contribution in [0.1, 0.15) is 0 Å². The Hall–Kier alpha value is 5.20. The van der Waals surface area contributed by atoms with E-state index in [1.165, 1.54) is 0 Å². The molecule has 110 valence electrons. The third-order valence-electron chi connectivity index (χ3n) is 2.09. The Bertz CT molecular complexity index is 276. The van der Waals surface area contributed by atoms with Gasteiger partial charge in [0.2, 0.25) is 0 Å². The van der Waals surface area contributed by atoms with Gasteiger partial charge in [0, 0.05) is 39.3 Å². The van der Waals surface area contributed by atoms with Crippen LogP contribution in [0.5, 0.6) is 0 Å². The van der Waals surface area contributed by atoms with Gasteiger partial charge in [-0.1, -0.05) is 13.0 Å². The van der Waals surface area contributed by atoms with Crippen molar-refractivity contribution in [2.45, 2.75) is 0 Å². The minimum atomic E-state index is 0. The second kappa shape index (κ2) is 24.2. The molecular formula is C9H15K3N4S6. The van der Waals surface area contributed by atoms with Crippen molar-refractivity contribution in [1.82, 2.24) is 20.9 Å². The van der Waals surface area contributed by atoms with E-state index in [2.05, 4.69) is 20.9 Å². The monoisotopic (exact) mass is 488 g/mol. The van der Waals surface area contributed by atoms with Crippen LogP contribution >= 0.6 is 36.7 Å². The van der Waals surface area contributed by atoms with E-state index in [1.807, 2.05) is 0 Å². The average molecular weight is 489 g/mol. The second-order valence-corrected chi connectivity index (χ2v) is 6.71. The van der Waals surface area contributed by atoms with Crippen LogP contribution in [0, 0.1) is 0 Å². The standard InChI is InChI=1S/C9H18N4S6.3K/c14-7(15)10-1-4-13(5-2-11-8(16)17)6-3-12-9(18)19;;;/h1-6H2,(H2,10,14,15)(H2,11,16,17)(H2,12,18,19);;;/q;3*+1/p-3. The summed E-state index contributed by atoms with van der Waals surface area (Å²) in [5, 5.41) is 8.84. The predicted molar refractivity (Wildman–Crippen MR) is 100 cm³/mol. The molecule has 0 atom stereocenters. The first-order valence-corrected chi connectivity index (χ1v) is 7.93. The molecule has 0 aromatic rings. The Morgan fingerprint density at radius 2 is 0.864 bits per heavy atom. The van der Waals surface area contributed by atoms with Crippen molar-refractivity contribution < 1.29 is 154 Å². The molecular weight excluding hydrogens is 474 g/mol. The molecule has 0 aromatic heterocycles. The fourth-order valence-corrected chi connectivity index (χ4v) is 1.90. The van der Waals surface area contributed by atoms with E-state index in [9.17, 15) is 0 Å². The van der Waals surface area contributed by atoms with Gasteiger partial charge in [-0.05, 0) is 0 Å². The zero-order chi connectivity index (χ0) is 14.7. The largest absolute Gasteiger partial charge is 1.00 e. The molecule has 22 heavy (non-hydrogen) atoms. The first-order valence-electron chi connectivity index (χ1n) is 5.48. The van der Waals surface area contributed by atoms with Gasteiger partial charge in [0.25, 0.3) is 0 Å². The number of thiocarbonyl (C=S) groups is 3. The number of nitrogens with zero attached hydrogens (tertiary/aromatic N) is 1. The normalized spacial score (nSPS) is 8.59. The van der Waals surface area contributed by atoms with Crippen LogP contribution in [0.2, 0.25) is 0 Å². The maximum absolute atomic E-state index is 4.79. The summed E-state index contributed by atoms with van der Waals surface area (Å²) < 4.78 is 1.15. The van der Waals surface area contributed by atoms with Crippen LogP contribution in [-0.2, 0) is 37.9 Å². The average Bonchev–Trinajstić information content (AvgIpc) is 2.26. The van der Waals surface area contributed by atoms with Crippen LogP contribution in [0.25, 0.3) is 0 Å². The number of rotatable bonds is 9.